The third kappa shape index (κ3) is 4.40. The highest BCUT2D eigenvalue weighted by Gasteiger charge is 2.66. The number of hydrogen-bond acceptors (Lipinski definition) is 11. The fourth-order valence-electron chi connectivity index (χ4n) is 7.69. The van der Waals surface area contributed by atoms with E-state index in [9.17, 15) is 39.6 Å². The molecule has 4 atom stereocenters. The van der Waals surface area contributed by atoms with Crippen LogP contribution in [0.5, 0.6) is 5.75 Å². The molecule has 0 aromatic heterocycles. The molecular weight excluding hydrogens is 558 g/mol. The maximum atomic E-state index is 14.4. The lowest BCUT2D eigenvalue weighted by Gasteiger charge is -2.55. The van der Waals surface area contributed by atoms with Crippen LogP contribution in [0.3, 0.4) is 0 Å². The minimum atomic E-state index is -2.74. The molecule has 6 N–H and O–H groups in total. The summed E-state index contributed by atoms with van der Waals surface area (Å²) in [5, 5.41) is 46.1. The minimum absolute atomic E-state index is 0.0335. The molecule has 3 aliphatic carbocycles. The third-order valence-electron chi connectivity index (χ3n) is 9.63. The lowest BCUT2D eigenvalue weighted by molar-refractivity contribution is -0.151. The summed E-state index contributed by atoms with van der Waals surface area (Å²) in [5.41, 5.74) is 1.70. The standard InChI is InChI=1S/C30H39N5O8/c1-15(36)35-10-8-34(9-11-35)14-29-12-16-18(32(2)3)6-7-19(37)20(16)24(38)22(29)27(41)30(43)17(13-29)23(33(4)5)25(39)21(26(30)40)28(31)42/h6-7,17,23,37,39,41,43H,8-14H2,1-5H3,(H2,31,42)/t17-,23-,29-,30+/m0/s1. The van der Waals surface area contributed by atoms with Gasteiger partial charge in [0.15, 0.2) is 11.4 Å². The van der Waals surface area contributed by atoms with Crippen LogP contribution in [0.1, 0.15) is 29.3 Å². The lowest BCUT2D eigenvalue weighted by atomic mass is 9.52. The first kappa shape index (κ1) is 30.5. The molecule has 0 spiro atoms. The van der Waals surface area contributed by atoms with Crippen molar-refractivity contribution in [2.45, 2.75) is 31.4 Å². The fourth-order valence-corrected chi connectivity index (χ4v) is 7.69. The number of carbonyl (C=O) groups excluding carboxylic acids is 4. The molecule has 232 valence electrons. The number of carbonyl (C=O) groups is 4. The molecule has 1 aromatic rings. The van der Waals surface area contributed by atoms with Crippen LogP contribution in [-0.2, 0) is 20.8 Å². The van der Waals surface area contributed by atoms with Crippen LogP contribution in [0.4, 0.5) is 5.69 Å². The number of likely N-dealkylation sites (N-methyl/N-ethyl adjacent to an activating group) is 1. The number of nitrogens with zero attached hydrogens (tertiary/aromatic N) is 4. The molecule has 2 amide bonds. The average Bonchev–Trinajstić information content (AvgIpc) is 2.90. The number of amides is 2. The quantitative estimate of drug-likeness (QED) is 0.281. The molecule has 1 saturated heterocycles. The molecule has 0 unspecified atom stereocenters. The number of anilines is 1. The number of rotatable bonds is 5. The largest absolute Gasteiger partial charge is 0.510 e. The summed E-state index contributed by atoms with van der Waals surface area (Å²) in [6.07, 6.45) is 0.130. The number of hydrogen-bond donors (Lipinski definition) is 5. The van der Waals surface area contributed by atoms with Gasteiger partial charge in [-0.15, -0.1) is 0 Å². The molecule has 0 saturated carbocycles. The van der Waals surface area contributed by atoms with Crippen molar-refractivity contribution in [2.24, 2.45) is 17.1 Å². The van der Waals surface area contributed by atoms with Gasteiger partial charge in [0.25, 0.3) is 5.91 Å². The van der Waals surface area contributed by atoms with Gasteiger partial charge < -0.3 is 36.0 Å². The molecule has 1 aromatic carbocycles. The van der Waals surface area contributed by atoms with Gasteiger partial charge in [-0.05, 0) is 44.6 Å². The fraction of sp³-hybridized carbons (Fsp3) is 0.533. The van der Waals surface area contributed by atoms with Crippen molar-refractivity contribution in [3.05, 3.63) is 45.9 Å². The van der Waals surface area contributed by atoms with Crippen molar-refractivity contribution in [1.29, 1.82) is 0 Å². The predicted octanol–water partition coefficient (Wildman–Crippen LogP) is -0.279. The van der Waals surface area contributed by atoms with Crippen LogP contribution < -0.4 is 10.6 Å². The Hall–Kier alpha value is -3.94. The molecule has 5 rings (SSSR count). The van der Waals surface area contributed by atoms with E-state index >= 15 is 0 Å². The number of aliphatic hydroxyl groups is 3. The molecule has 13 heteroatoms. The van der Waals surface area contributed by atoms with Gasteiger partial charge in [-0.3, -0.25) is 29.0 Å². The predicted molar refractivity (Wildman–Crippen MR) is 156 cm³/mol. The first-order valence-electron chi connectivity index (χ1n) is 14.2. The van der Waals surface area contributed by atoms with Crippen LogP contribution in [-0.4, -0.2) is 131 Å². The Labute approximate surface area is 249 Å². The van der Waals surface area contributed by atoms with E-state index in [1.165, 1.54) is 17.9 Å². The Kier molecular flexibility index (Phi) is 7.35. The van der Waals surface area contributed by atoms with Gasteiger partial charge in [-0.2, -0.15) is 0 Å². The zero-order valence-electron chi connectivity index (χ0n) is 25.0. The summed E-state index contributed by atoms with van der Waals surface area (Å²) < 4.78 is 0. The van der Waals surface area contributed by atoms with Gasteiger partial charge in [0, 0.05) is 76.3 Å². The molecule has 1 aliphatic heterocycles. The van der Waals surface area contributed by atoms with Crippen molar-refractivity contribution in [2.75, 3.05) is 65.8 Å². The van der Waals surface area contributed by atoms with E-state index in [0.29, 0.717) is 37.4 Å². The molecule has 1 fully saturated rings. The number of aromatic hydroxyl groups is 1. The number of phenolic OH excluding ortho intramolecular Hbond substituents is 1. The molecule has 43 heavy (non-hydrogen) atoms. The van der Waals surface area contributed by atoms with E-state index < -0.39 is 57.5 Å². The number of piperazine rings is 1. The Balaban J connectivity index is 1.76. The van der Waals surface area contributed by atoms with Gasteiger partial charge in [0.05, 0.1) is 11.6 Å². The second kappa shape index (κ2) is 10.4. The Bertz CT molecular complexity index is 1490. The molecule has 1 heterocycles. The van der Waals surface area contributed by atoms with Crippen LogP contribution in [0, 0.1) is 11.3 Å². The highest BCUT2D eigenvalue weighted by atomic mass is 16.3. The maximum absolute atomic E-state index is 14.4. The Morgan fingerprint density at radius 2 is 1.67 bits per heavy atom. The number of aliphatic hydroxyl groups excluding tert-OH is 2. The number of nitrogens with two attached hydrogens (primary N) is 1. The van der Waals surface area contributed by atoms with Crippen LogP contribution in [0.15, 0.2) is 34.8 Å². The van der Waals surface area contributed by atoms with E-state index in [0.717, 1.165) is 0 Å². The summed E-state index contributed by atoms with van der Waals surface area (Å²) in [5.74, 6) is -6.31. The van der Waals surface area contributed by atoms with E-state index in [1.807, 2.05) is 19.0 Å². The topological polar surface area (TPSA) is 188 Å². The smallest absolute Gasteiger partial charge is 0.255 e. The zero-order valence-corrected chi connectivity index (χ0v) is 25.0. The van der Waals surface area contributed by atoms with Crippen LogP contribution in [0.25, 0.3) is 0 Å². The lowest BCUT2D eigenvalue weighted by Crippen LogP contribution is -2.66. The van der Waals surface area contributed by atoms with Gasteiger partial charge in [0.2, 0.25) is 11.7 Å². The summed E-state index contributed by atoms with van der Waals surface area (Å²) in [6, 6.07) is 1.99. The highest BCUT2D eigenvalue weighted by molar-refractivity contribution is 6.25. The zero-order chi connectivity index (χ0) is 31.8. The highest BCUT2D eigenvalue weighted by Crippen LogP contribution is 2.58. The van der Waals surface area contributed by atoms with E-state index in [-0.39, 0.29) is 42.2 Å². The van der Waals surface area contributed by atoms with Gasteiger partial charge in [-0.1, -0.05) is 0 Å². The number of primary amides is 1. The van der Waals surface area contributed by atoms with E-state index in [1.54, 1.807) is 25.1 Å². The van der Waals surface area contributed by atoms with Crippen molar-refractivity contribution < 1.29 is 39.6 Å². The SMILES string of the molecule is CC(=O)N1CCN(C[C@@]23Cc4c(N(C)C)ccc(O)c4C(=O)C2=C(O)[C@]2(O)C(=O)C(C(N)=O)=C(O)[C@@H](N(C)C)[C@@H]2C3)CC1. The summed E-state index contributed by atoms with van der Waals surface area (Å²) in [7, 11) is 6.82. The van der Waals surface area contributed by atoms with Crippen molar-refractivity contribution >= 4 is 29.1 Å². The van der Waals surface area contributed by atoms with Crippen molar-refractivity contribution in [1.82, 2.24) is 14.7 Å². The number of phenols is 1. The minimum Gasteiger partial charge on any atom is -0.510 e. The normalized spacial score (nSPS) is 29.4. The van der Waals surface area contributed by atoms with Gasteiger partial charge in [0.1, 0.15) is 22.8 Å². The molecule has 4 aliphatic rings. The average molecular weight is 598 g/mol. The molecule has 0 bridgehead atoms. The Morgan fingerprint density at radius 3 is 2.21 bits per heavy atom. The second-order valence-corrected chi connectivity index (χ2v) is 12.6. The van der Waals surface area contributed by atoms with Crippen LogP contribution >= 0.6 is 0 Å². The van der Waals surface area contributed by atoms with Crippen molar-refractivity contribution in [3.63, 3.8) is 0 Å². The van der Waals surface area contributed by atoms with Gasteiger partial charge >= 0.3 is 0 Å². The number of ketones is 2. The first-order valence-corrected chi connectivity index (χ1v) is 14.2. The van der Waals surface area contributed by atoms with Crippen molar-refractivity contribution in [3.8, 4) is 5.75 Å². The Morgan fingerprint density at radius 1 is 1.05 bits per heavy atom. The monoisotopic (exact) mass is 597 g/mol. The summed E-state index contributed by atoms with van der Waals surface area (Å²) >= 11 is 0. The molecule has 0 radical (unpaired) electrons. The number of benzene rings is 1. The first-order chi connectivity index (χ1) is 20.1. The van der Waals surface area contributed by atoms with Crippen LogP contribution in [0.2, 0.25) is 0 Å². The van der Waals surface area contributed by atoms with E-state index in [2.05, 4.69) is 4.90 Å². The third-order valence-corrected chi connectivity index (χ3v) is 9.63. The summed E-state index contributed by atoms with van der Waals surface area (Å²) in [6.45, 7) is 3.62. The molecular formula is C30H39N5O8. The van der Waals surface area contributed by atoms with E-state index in [4.69, 9.17) is 5.73 Å². The maximum Gasteiger partial charge on any atom is 0.255 e. The molecule has 13 nitrogen and oxygen atoms in total. The number of Topliss-reactive ketones (excluding diaryl/α,β-unsaturated/α-hetero) is 2. The number of fused-ring (bicyclic) bond motifs is 3. The second-order valence-electron chi connectivity index (χ2n) is 12.6. The van der Waals surface area contributed by atoms with Gasteiger partial charge in [-0.25, -0.2) is 0 Å². The summed E-state index contributed by atoms with van der Waals surface area (Å²) in [4.78, 5) is 59.6.